The van der Waals surface area contributed by atoms with Gasteiger partial charge in [0.15, 0.2) is 4.75 Å². The summed E-state index contributed by atoms with van der Waals surface area (Å²) in [7, 11) is 0. The van der Waals surface area contributed by atoms with Gasteiger partial charge in [-0.3, -0.25) is 9.59 Å². The van der Waals surface area contributed by atoms with Crippen LogP contribution in [0.3, 0.4) is 0 Å². The van der Waals surface area contributed by atoms with Crippen LogP contribution in [0.4, 0.5) is 0 Å². The number of aliphatic hydroxyl groups is 1. The molecule has 0 saturated heterocycles. The van der Waals surface area contributed by atoms with Crippen LogP contribution in [0.15, 0.2) is 60.7 Å². The summed E-state index contributed by atoms with van der Waals surface area (Å²) in [6.45, 7) is -0.358. The fourth-order valence-corrected chi connectivity index (χ4v) is 3.15. The smallest absolute Gasteiger partial charge is 0.327 e. The van der Waals surface area contributed by atoms with Crippen molar-refractivity contribution < 1.29 is 24.5 Å². The summed E-state index contributed by atoms with van der Waals surface area (Å²) in [5.41, 5.74) is 0.987. The van der Waals surface area contributed by atoms with Crippen LogP contribution < -0.4 is 0 Å². The molecule has 138 valence electrons. The summed E-state index contributed by atoms with van der Waals surface area (Å²) in [5, 5.41) is 18.3. The molecule has 0 aliphatic heterocycles. The fourth-order valence-electron chi connectivity index (χ4n) is 2.59. The molecule has 0 heterocycles. The summed E-state index contributed by atoms with van der Waals surface area (Å²) in [6.07, 6.45) is -1.26. The summed E-state index contributed by atoms with van der Waals surface area (Å²) in [5.74, 6) is -1.97. The summed E-state index contributed by atoms with van der Waals surface area (Å²) >= 11 is 8.63. The van der Waals surface area contributed by atoms with E-state index in [1.807, 2.05) is 6.07 Å². The van der Waals surface area contributed by atoms with Gasteiger partial charge in [-0.25, -0.2) is 0 Å². The Kier molecular flexibility index (Phi) is 7.14. The lowest BCUT2D eigenvalue weighted by Gasteiger charge is -2.33. The first-order chi connectivity index (χ1) is 12.4. The minimum absolute atomic E-state index is 0.0777. The minimum atomic E-state index is -1.80. The standard InChI is InChI=1S/C19H20O5S2/c20-12-11-15(19(26,18(22)23)14-9-5-2-6-10-14)24-17(21)16(25)13-7-3-1-4-8-13/h1-10,15-16,20,25-26H,11-12H2,(H,22,23). The molecule has 0 spiro atoms. The van der Waals surface area contributed by atoms with Crippen LogP contribution in [0.5, 0.6) is 0 Å². The molecular weight excluding hydrogens is 372 g/mol. The molecule has 0 amide bonds. The average molecular weight is 392 g/mol. The van der Waals surface area contributed by atoms with Crippen molar-refractivity contribution in [2.75, 3.05) is 6.61 Å². The highest BCUT2D eigenvalue weighted by molar-refractivity contribution is 7.82. The van der Waals surface area contributed by atoms with Crippen molar-refractivity contribution in [1.82, 2.24) is 0 Å². The number of carboxylic acids is 1. The van der Waals surface area contributed by atoms with Gasteiger partial charge in [-0.05, 0) is 11.1 Å². The van der Waals surface area contributed by atoms with Crippen LogP contribution in [-0.2, 0) is 19.1 Å². The topological polar surface area (TPSA) is 83.8 Å². The molecule has 3 atom stereocenters. The highest BCUT2D eigenvalue weighted by atomic mass is 32.1. The second kappa shape index (κ2) is 9.12. The summed E-state index contributed by atoms with van der Waals surface area (Å²) in [6, 6.07) is 17.1. The molecule has 2 rings (SSSR count). The van der Waals surface area contributed by atoms with E-state index in [2.05, 4.69) is 25.3 Å². The van der Waals surface area contributed by atoms with Gasteiger partial charge in [0.1, 0.15) is 11.4 Å². The van der Waals surface area contributed by atoms with Crippen molar-refractivity contribution in [1.29, 1.82) is 0 Å². The zero-order valence-electron chi connectivity index (χ0n) is 13.9. The maximum atomic E-state index is 12.5. The molecule has 2 aromatic carbocycles. The molecule has 0 bridgehead atoms. The van der Waals surface area contributed by atoms with E-state index in [0.29, 0.717) is 11.1 Å². The van der Waals surface area contributed by atoms with Crippen molar-refractivity contribution in [2.24, 2.45) is 0 Å². The Morgan fingerprint density at radius 2 is 1.58 bits per heavy atom. The first kappa shape index (κ1) is 20.4. The number of aliphatic carboxylic acids is 1. The Labute approximate surface area is 162 Å². The van der Waals surface area contributed by atoms with Crippen molar-refractivity contribution >= 4 is 37.2 Å². The minimum Gasteiger partial charge on any atom is -0.480 e. The number of carboxylic acid groups (broad SMARTS) is 1. The zero-order chi connectivity index (χ0) is 19.2. The van der Waals surface area contributed by atoms with Gasteiger partial charge in [-0.1, -0.05) is 60.7 Å². The lowest BCUT2D eigenvalue weighted by atomic mass is 9.90. The number of carbonyl (C=O) groups is 2. The second-order valence-electron chi connectivity index (χ2n) is 5.69. The third-order valence-corrected chi connectivity index (χ3v) is 5.24. The van der Waals surface area contributed by atoms with Crippen LogP contribution in [0.25, 0.3) is 0 Å². The van der Waals surface area contributed by atoms with E-state index in [9.17, 15) is 19.8 Å². The number of esters is 1. The molecule has 3 unspecified atom stereocenters. The largest absolute Gasteiger partial charge is 0.480 e. The van der Waals surface area contributed by atoms with E-state index in [0.717, 1.165) is 0 Å². The Morgan fingerprint density at radius 3 is 2.08 bits per heavy atom. The fraction of sp³-hybridized carbons (Fsp3) is 0.263. The third kappa shape index (κ3) is 4.41. The molecule has 0 saturated carbocycles. The number of aliphatic hydroxyl groups excluding tert-OH is 1. The van der Waals surface area contributed by atoms with Gasteiger partial charge in [-0.2, -0.15) is 25.3 Å². The van der Waals surface area contributed by atoms with Crippen LogP contribution in [0, 0.1) is 0 Å². The van der Waals surface area contributed by atoms with Gasteiger partial charge in [0.2, 0.25) is 0 Å². The number of hydrogen-bond donors (Lipinski definition) is 4. The quantitative estimate of drug-likeness (QED) is 0.410. The van der Waals surface area contributed by atoms with Crippen LogP contribution >= 0.6 is 25.3 Å². The number of carbonyl (C=O) groups excluding carboxylic acids is 1. The van der Waals surface area contributed by atoms with Gasteiger partial charge >= 0.3 is 11.9 Å². The van der Waals surface area contributed by atoms with Crippen LogP contribution in [-0.4, -0.2) is 34.9 Å². The Balaban J connectivity index is 2.31. The lowest BCUT2D eigenvalue weighted by Crippen LogP contribution is -2.45. The average Bonchev–Trinajstić information content (AvgIpc) is 2.67. The highest BCUT2D eigenvalue weighted by Crippen LogP contribution is 2.37. The van der Waals surface area contributed by atoms with Gasteiger partial charge < -0.3 is 14.9 Å². The van der Waals surface area contributed by atoms with Gasteiger partial charge in [0, 0.05) is 13.0 Å². The molecule has 0 aromatic heterocycles. The van der Waals surface area contributed by atoms with E-state index < -0.39 is 28.0 Å². The molecule has 0 radical (unpaired) electrons. The van der Waals surface area contributed by atoms with Crippen molar-refractivity contribution in [3.05, 3.63) is 71.8 Å². The van der Waals surface area contributed by atoms with Gasteiger partial charge in [0.25, 0.3) is 0 Å². The van der Waals surface area contributed by atoms with Crippen molar-refractivity contribution in [3.8, 4) is 0 Å². The Morgan fingerprint density at radius 1 is 1.04 bits per heavy atom. The molecule has 0 aliphatic rings. The highest BCUT2D eigenvalue weighted by Gasteiger charge is 2.47. The van der Waals surface area contributed by atoms with E-state index in [1.54, 1.807) is 54.6 Å². The molecule has 7 heteroatoms. The molecular formula is C19H20O5S2. The molecule has 2 aromatic rings. The second-order valence-corrected chi connectivity index (χ2v) is 6.91. The van der Waals surface area contributed by atoms with Crippen LogP contribution in [0.1, 0.15) is 22.8 Å². The first-order valence-corrected chi connectivity index (χ1v) is 8.93. The number of benzene rings is 2. The monoisotopic (exact) mass is 392 g/mol. The molecule has 0 aliphatic carbocycles. The number of hydrogen-bond acceptors (Lipinski definition) is 6. The molecule has 0 fully saturated rings. The number of ether oxygens (including phenoxy) is 1. The third-order valence-electron chi connectivity index (χ3n) is 3.99. The van der Waals surface area contributed by atoms with E-state index in [1.165, 1.54) is 0 Å². The normalized spacial score (nSPS) is 15.5. The number of thiol groups is 2. The summed E-state index contributed by atoms with van der Waals surface area (Å²) in [4.78, 5) is 24.5. The predicted molar refractivity (Wildman–Crippen MR) is 104 cm³/mol. The Hall–Kier alpha value is -1.96. The van der Waals surface area contributed by atoms with Crippen molar-refractivity contribution in [3.63, 3.8) is 0 Å². The van der Waals surface area contributed by atoms with Crippen LogP contribution in [0.2, 0.25) is 0 Å². The SMILES string of the molecule is O=C(OC(CCO)C(S)(C(=O)O)c1ccccc1)C(S)c1ccccc1. The predicted octanol–water partition coefficient (Wildman–Crippen LogP) is 2.86. The van der Waals surface area contributed by atoms with E-state index in [-0.39, 0.29) is 13.0 Å². The first-order valence-electron chi connectivity index (χ1n) is 7.97. The van der Waals surface area contributed by atoms with Gasteiger partial charge in [0.05, 0.1) is 0 Å². The van der Waals surface area contributed by atoms with E-state index in [4.69, 9.17) is 4.74 Å². The maximum Gasteiger partial charge on any atom is 0.327 e. The molecule has 2 N–H and O–H groups in total. The van der Waals surface area contributed by atoms with Gasteiger partial charge in [-0.15, -0.1) is 0 Å². The summed E-state index contributed by atoms with van der Waals surface area (Å²) < 4.78 is 3.65. The molecule has 26 heavy (non-hydrogen) atoms. The van der Waals surface area contributed by atoms with Crippen molar-refractivity contribution in [2.45, 2.75) is 22.5 Å². The zero-order valence-corrected chi connectivity index (χ0v) is 15.6. The Bertz CT molecular complexity index is 738. The number of rotatable bonds is 8. The lowest BCUT2D eigenvalue weighted by molar-refractivity contribution is -0.157. The maximum absolute atomic E-state index is 12.5. The van der Waals surface area contributed by atoms with E-state index >= 15 is 0 Å². The molecule has 5 nitrogen and oxygen atoms in total.